The van der Waals surface area contributed by atoms with Crippen molar-refractivity contribution in [2.24, 2.45) is 5.92 Å². The second kappa shape index (κ2) is 7.88. The standard InChI is InChI=1S/C14H19FN2O4S/c1-10(2)7-16-13(18)8-22(20,21)9-14(19)17-12-5-3-11(15)4-6-12/h3-6,10H,7-9H2,1-2H3,(H,16,18)(H,17,19). The van der Waals surface area contributed by atoms with E-state index in [1.807, 2.05) is 13.8 Å². The van der Waals surface area contributed by atoms with Crippen LogP contribution in [0, 0.1) is 11.7 Å². The molecule has 0 heterocycles. The van der Waals surface area contributed by atoms with Crippen LogP contribution in [0.2, 0.25) is 0 Å². The summed E-state index contributed by atoms with van der Waals surface area (Å²) in [5, 5.41) is 4.81. The van der Waals surface area contributed by atoms with Crippen molar-refractivity contribution >= 4 is 27.3 Å². The van der Waals surface area contributed by atoms with Gasteiger partial charge in [-0.3, -0.25) is 9.59 Å². The Morgan fingerprint density at radius 3 is 2.18 bits per heavy atom. The Morgan fingerprint density at radius 1 is 1.09 bits per heavy atom. The summed E-state index contributed by atoms with van der Waals surface area (Å²) in [4.78, 5) is 23.1. The van der Waals surface area contributed by atoms with Crippen molar-refractivity contribution in [3.05, 3.63) is 30.1 Å². The summed E-state index contributed by atoms with van der Waals surface area (Å²) in [7, 11) is -3.85. The minimum Gasteiger partial charge on any atom is -0.355 e. The summed E-state index contributed by atoms with van der Waals surface area (Å²) < 4.78 is 36.2. The van der Waals surface area contributed by atoms with Gasteiger partial charge in [0.15, 0.2) is 9.84 Å². The zero-order valence-electron chi connectivity index (χ0n) is 12.4. The molecule has 1 aromatic rings. The Hall–Kier alpha value is -1.96. The van der Waals surface area contributed by atoms with E-state index in [9.17, 15) is 22.4 Å². The fourth-order valence-corrected chi connectivity index (χ4v) is 2.63. The fraction of sp³-hybridized carbons (Fsp3) is 0.429. The average molecular weight is 330 g/mol. The summed E-state index contributed by atoms with van der Waals surface area (Å²) in [5.74, 6) is -3.22. The maximum atomic E-state index is 12.7. The second-order valence-electron chi connectivity index (χ2n) is 5.29. The molecule has 22 heavy (non-hydrogen) atoms. The molecule has 0 bridgehead atoms. The molecule has 0 aliphatic heterocycles. The molecule has 1 aromatic carbocycles. The number of sulfone groups is 1. The number of amides is 2. The number of anilines is 1. The molecule has 122 valence electrons. The van der Waals surface area contributed by atoms with E-state index in [-0.39, 0.29) is 11.6 Å². The van der Waals surface area contributed by atoms with Crippen molar-refractivity contribution in [3.8, 4) is 0 Å². The van der Waals surface area contributed by atoms with E-state index in [1.165, 1.54) is 12.1 Å². The molecule has 0 fully saturated rings. The predicted molar refractivity (Wildman–Crippen MR) is 81.5 cm³/mol. The highest BCUT2D eigenvalue weighted by Crippen LogP contribution is 2.08. The maximum Gasteiger partial charge on any atom is 0.239 e. The second-order valence-corrected chi connectivity index (χ2v) is 7.35. The topological polar surface area (TPSA) is 92.3 Å². The number of halogens is 1. The Labute approximate surface area is 129 Å². The molecular weight excluding hydrogens is 311 g/mol. The van der Waals surface area contributed by atoms with Crippen LogP contribution in [-0.2, 0) is 19.4 Å². The quantitative estimate of drug-likeness (QED) is 0.778. The Morgan fingerprint density at radius 2 is 1.64 bits per heavy atom. The van der Waals surface area contributed by atoms with Gasteiger partial charge in [-0.05, 0) is 30.2 Å². The first-order valence-electron chi connectivity index (χ1n) is 6.70. The van der Waals surface area contributed by atoms with Gasteiger partial charge in [0, 0.05) is 12.2 Å². The molecule has 0 aliphatic rings. The van der Waals surface area contributed by atoms with Gasteiger partial charge in [-0.2, -0.15) is 0 Å². The van der Waals surface area contributed by atoms with Crippen LogP contribution >= 0.6 is 0 Å². The van der Waals surface area contributed by atoms with Gasteiger partial charge in [0.2, 0.25) is 11.8 Å². The molecule has 2 amide bonds. The molecule has 1 rings (SSSR count). The summed E-state index contributed by atoms with van der Waals surface area (Å²) in [6.07, 6.45) is 0. The molecule has 0 radical (unpaired) electrons. The van der Waals surface area contributed by atoms with Gasteiger partial charge in [0.25, 0.3) is 0 Å². The number of carbonyl (C=O) groups is 2. The lowest BCUT2D eigenvalue weighted by atomic mass is 10.2. The van der Waals surface area contributed by atoms with Gasteiger partial charge in [-0.1, -0.05) is 13.8 Å². The van der Waals surface area contributed by atoms with E-state index in [1.54, 1.807) is 0 Å². The summed E-state index contributed by atoms with van der Waals surface area (Å²) in [6, 6.07) is 4.91. The lowest BCUT2D eigenvalue weighted by Gasteiger charge is -2.08. The number of nitrogens with one attached hydrogen (secondary N) is 2. The van der Waals surface area contributed by atoms with E-state index in [0.29, 0.717) is 6.54 Å². The number of hydrogen-bond donors (Lipinski definition) is 2. The van der Waals surface area contributed by atoms with E-state index in [2.05, 4.69) is 10.6 Å². The van der Waals surface area contributed by atoms with E-state index in [4.69, 9.17) is 0 Å². The van der Waals surface area contributed by atoms with Crippen LogP contribution in [0.1, 0.15) is 13.8 Å². The Kier molecular flexibility index (Phi) is 6.48. The lowest BCUT2D eigenvalue weighted by molar-refractivity contribution is -0.118. The summed E-state index contributed by atoms with van der Waals surface area (Å²) in [6.45, 7) is 4.13. The van der Waals surface area contributed by atoms with Gasteiger partial charge in [0.1, 0.15) is 17.3 Å². The predicted octanol–water partition coefficient (Wildman–Crippen LogP) is 0.951. The van der Waals surface area contributed by atoms with Crippen LogP contribution in [-0.4, -0.2) is 38.3 Å². The van der Waals surface area contributed by atoms with E-state index < -0.39 is 39.0 Å². The highest BCUT2D eigenvalue weighted by molar-refractivity contribution is 7.92. The molecule has 0 spiro atoms. The SMILES string of the molecule is CC(C)CNC(=O)CS(=O)(=O)CC(=O)Nc1ccc(F)cc1. The van der Waals surface area contributed by atoms with Crippen molar-refractivity contribution in [3.63, 3.8) is 0 Å². The van der Waals surface area contributed by atoms with Gasteiger partial charge in [-0.25, -0.2) is 12.8 Å². The Bertz CT molecular complexity index is 627. The molecule has 0 aliphatic carbocycles. The lowest BCUT2D eigenvalue weighted by Crippen LogP contribution is -2.35. The molecule has 0 unspecified atom stereocenters. The summed E-state index contributed by atoms with van der Waals surface area (Å²) >= 11 is 0. The molecule has 0 saturated carbocycles. The normalized spacial score (nSPS) is 11.3. The van der Waals surface area contributed by atoms with Crippen LogP contribution in [0.4, 0.5) is 10.1 Å². The van der Waals surface area contributed by atoms with Gasteiger partial charge >= 0.3 is 0 Å². The fourth-order valence-electron chi connectivity index (χ4n) is 1.55. The van der Waals surface area contributed by atoms with Crippen LogP contribution in [0.5, 0.6) is 0 Å². The van der Waals surface area contributed by atoms with Crippen LogP contribution < -0.4 is 10.6 Å². The molecular formula is C14H19FN2O4S. The van der Waals surface area contributed by atoms with Crippen molar-refractivity contribution in [1.29, 1.82) is 0 Å². The smallest absolute Gasteiger partial charge is 0.239 e. The van der Waals surface area contributed by atoms with Crippen molar-refractivity contribution < 1.29 is 22.4 Å². The first-order chi connectivity index (χ1) is 10.2. The van der Waals surface area contributed by atoms with E-state index >= 15 is 0 Å². The van der Waals surface area contributed by atoms with Gasteiger partial charge in [0.05, 0.1) is 0 Å². The van der Waals surface area contributed by atoms with Crippen LogP contribution in [0.25, 0.3) is 0 Å². The van der Waals surface area contributed by atoms with Crippen molar-refractivity contribution in [2.45, 2.75) is 13.8 Å². The first kappa shape index (κ1) is 18.1. The Balaban J connectivity index is 2.51. The number of benzene rings is 1. The monoisotopic (exact) mass is 330 g/mol. The van der Waals surface area contributed by atoms with Crippen LogP contribution in [0.15, 0.2) is 24.3 Å². The van der Waals surface area contributed by atoms with Crippen molar-refractivity contribution in [1.82, 2.24) is 5.32 Å². The average Bonchev–Trinajstić information content (AvgIpc) is 2.37. The van der Waals surface area contributed by atoms with Crippen molar-refractivity contribution in [2.75, 3.05) is 23.4 Å². The molecule has 6 nitrogen and oxygen atoms in total. The summed E-state index contributed by atoms with van der Waals surface area (Å²) in [5.41, 5.74) is 0.283. The minimum atomic E-state index is -3.85. The maximum absolute atomic E-state index is 12.7. The van der Waals surface area contributed by atoms with Gasteiger partial charge in [-0.15, -0.1) is 0 Å². The highest BCUT2D eigenvalue weighted by Gasteiger charge is 2.20. The van der Waals surface area contributed by atoms with Crippen LogP contribution in [0.3, 0.4) is 0 Å². The zero-order chi connectivity index (χ0) is 16.8. The van der Waals surface area contributed by atoms with Gasteiger partial charge < -0.3 is 10.6 Å². The largest absolute Gasteiger partial charge is 0.355 e. The number of carbonyl (C=O) groups excluding carboxylic acids is 2. The minimum absolute atomic E-state index is 0.202. The highest BCUT2D eigenvalue weighted by atomic mass is 32.2. The molecule has 0 atom stereocenters. The van der Waals surface area contributed by atoms with E-state index in [0.717, 1.165) is 12.1 Å². The molecule has 2 N–H and O–H groups in total. The molecule has 0 saturated heterocycles. The zero-order valence-corrected chi connectivity index (χ0v) is 13.2. The third-order valence-electron chi connectivity index (χ3n) is 2.54. The number of hydrogen-bond acceptors (Lipinski definition) is 4. The third-order valence-corrected chi connectivity index (χ3v) is 3.94. The number of rotatable bonds is 7. The first-order valence-corrected chi connectivity index (χ1v) is 8.52. The third kappa shape index (κ3) is 7.16. The molecule has 8 heteroatoms. The molecule has 0 aromatic heterocycles.